The number of carbonyl (C=O) groups excluding carboxylic acids is 1. The van der Waals surface area contributed by atoms with Gasteiger partial charge in [-0.25, -0.2) is 9.59 Å². The molecule has 0 saturated heterocycles. The van der Waals surface area contributed by atoms with Crippen LogP contribution in [0, 0.1) is 12.8 Å². The van der Waals surface area contributed by atoms with Crippen LogP contribution in [0.2, 0.25) is 0 Å². The number of amides is 2. The third-order valence-corrected chi connectivity index (χ3v) is 3.45. The molecule has 25 heavy (non-hydrogen) atoms. The number of hydrogen-bond acceptors (Lipinski definition) is 4. The second-order valence-corrected chi connectivity index (χ2v) is 5.92. The minimum atomic E-state index is -1.07. The molecular formula is C18H21N3O4. The Balaban J connectivity index is 1.94. The third-order valence-electron chi connectivity index (χ3n) is 3.45. The SMILES string of the molecule is Cc1ccc(Oc2ccc(NC(=O)N[C@@H](C(=O)O)C(C)C)cc2)cn1. The van der Waals surface area contributed by atoms with Gasteiger partial charge in [-0.15, -0.1) is 0 Å². The van der Waals surface area contributed by atoms with Gasteiger partial charge in [0.1, 0.15) is 17.5 Å². The smallest absolute Gasteiger partial charge is 0.326 e. The number of rotatable bonds is 6. The number of nitrogens with zero attached hydrogens (tertiary/aromatic N) is 1. The second-order valence-electron chi connectivity index (χ2n) is 5.92. The Kier molecular flexibility index (Phi) is 5.94. The number of pyridine rings is 1. The molecule has 0 aliphatic carbocycles. The van der Waals surface area contributed by atoms with Gasteiger partial charge in [-0.05, 0) is 49.2 Å². The topological polar surface area (TPSA) is 101 Å². The maximum absolute atomic E-state index is 11.9. The highest BCUT2D eigenvalue weighted by Crippen LogP contribution is 2.22. The lowest BCUT2D eigenvalue weighted by Gasteiger charge is -2.18. The zero-order valence-corrected chi connectivity index (χ0v) is 14.3. The summed E-state index contributed by atoms with van der Waals surface area (Å²) in [5.41, 5.74) is 1.43. The molecule has 1 heterocycles. The number of carboxylic acids is 1. The molecule has 2 rings (SSSR count). The highest BCUT2D eigenvalue weighted by atomic mass is 16.5. The summed E-state index contributed by atoms with van der Waals surface area (Å²) < 4.78 is 5.65. The molecule has 2 amide bonds. The first kappa shape index (κ1) is 18.3. The first-order valence-corrected chi connectivity index (χ1v) is 7.86. The molecule has 7 heteroatoms. The summed E-state index contributed by atoms with van der Waals surface area (Å²) in [7, 11) is 0. The number of carboxylic acid groups (broad SMARTS) is 1. The van der Waals surface area contributed by atoms with Gasteiger partial charge in [0.25, 0.3) is 0 Å². The van der Waals surface area contributed by atoms with E-state index in [1.165, 1.54) is 0 Å². The fourth-order valence-corrected chi connectivity index (χ4v) is 2.08. The van der Waals surface area contributed by atoms with Crippen molar-refractivity contribution in [1.82, 2.24) is 10.3 Å². The van der Waals surface area contributed by atoms with Crippen molar-refractivity contribution in [2.75, 3.05) is 5.32 Å². The molecule has 3 N–H and O–H groups in total. The molecular weight excluding hydrogens is 322 g/mol. The van der Waals surface area contributed by atoms with Crippen LogP contribution in [0.25, 0.3) is 0 Å². The van der Waals surface area contributed by atoms with Crippen molar-refractivity contribution in [2.24, 2.45) is 5.92 Å². The number of aromatic nitrogens is 1. The zero-order valence-electron chi connectivity index (χ0n) is 14.3. The predicted molar refractivity (Wildman–Crippen MR) is 93.9 cm³/mol. The number of aryl methyl sites for hydroxylation is 1. The quantitative estimate of drug-likeness (QED) is 0.746. The highest BCUT2D eigenvalue weighted by Gasteiger charge is 2.23. The van der Waals surface area contributed by atoms with Gasteiger partial charge in [0.05, 0.1) is 6.20 Å². The average molecular weight is 343 g/mol. The number of hydrogen-bond donors (Lipinski definition) is 3. The van der Waals surface area contributed by atoms with Crippen LogP contribution in [0.3, 0.4) is 0 Å². The van der Waals surface area contributed by atoms with Crippen molar-refractivity contribution in [3.63, 3.8) is 0 Å². The number of aliphatic carboxylic acids is 1. The Morgan fingerprint density at radius 2 is 1.72 bits per heavy atom. The maximum Gasteiger partial charge on any atom is 0.326 e. The summed E-state index contributed by atoms with van der Waals surface area (Å²) in [6, 6.07) is 8.89. The van der Waals surface area contributed by atoms with E-state index in [0.29, 0.717) is 17.2 Å². The minimum absolute atomic E-state index is 0.220. The standard InChI is InChI=1S/C18H21N3O4/c1-11(2)16(17(22)23)21-18(24)20-13-5-8-14(9-6-13)25-15-7-4-12(3)19-10-15/h4-11,16H,1-3H3,(H,22,23)(H2,20,21,24)/t16-/m1/s1. The van der Waals surface area contributed by atoms with E-state index in [4.69, 9.17) is 9.84 Å². The van der Waals surface area contributed by atoms with Gasteiger partial charge < -0.3 is 20.5 Å². The Morgan fingerprint density at radius 1 is 1.08 bits per heavy atom. The van der Waals surface area contributed by atoms with Gasteiger partial charge in [0.15, 0.2) is 0 Å². The van der Waals surface area contributed by atoms with E-state index in [1.54, 1.807) is 44.3 Å². The predicted octanol–water partition coefficient (Wildman–Crippen LogP) is 3.41. The minimum Gasteiger partial charge on any atom is -0.480 e. The molecule has 7 nitrogen and oxygen atoms in total. The molecule has 132 valence electrons. The van der Waals surface area contributed by atoms with E-state index < -0.39 is 18.0 Å². The van der Waals surface area contributed by atoms with E-state index >= 15 is 0 Å². The maximum atomic E-state index is 11.9. The van der Waals surface area contributed by atoms with Crippen molar-refractivity contribution < 1.29 is 19.4 Å². The Hall–Kier alpha value is -3.09. The van der Waals surface area contributed by atoms with Gasteiger partial charge in [-0.2, -0.15) is 0 Å². The van der Waals surface area contributed by atoms with Crippen LogP contribution < -0.4 is 15.4 Å². The Bertz CT molecular complexity index is 727. The van der Waals surface area contributed by atoms with Crippen molar-refractivity contribution >= 4 is 17.7 Å². The number of nitrogens with one attached hydrogen (secondary N) is 2. The first-order valence-electron chi connectivity index (χ1n) is 7.86. The van der Waals surface area contributed by atoms with Crippen LogP contribution in [0.4, 0.5) is 10.5 Å². The lowest BCUT2D eigenvalue weighted by atomic mass is 10.1. The van der Waals surface area contributed by atoms with Crippen LogP contribution in [-0.4, -0.2) is 28.1 Å². The molecule has 0 radical (unpaired) electrons. The largest absolute Gasteiger partial charge is 0.480 e. The number of ether oxygens (including phenoxy) is 1. The van der Waals surface area contributed by atoms with Gasteiger partial charge >= 0.3 is 12.0 Å². The molecule has 0 spiro atoms. The molecule has 1 aromatic heterocycles. The molecule has 0 bridgehead atoms. The summed E-state index contributed by atoms with van der Waals surface area (Å²) >= 11 is 0. The highest BCUT2D eigenvalue weighted by molar-refractivity contribution is 5.92. The van der Waals surface area contributed by atoms with Crippen LogP contribution in [0.15, 0.2) is 42.6 Å². The van der Waals surface area contributed by atoms with Crippen LogP contribution in [-0.2, 0) is 4.79 Å². The molecule has 0 aliphatic heterocycles. The summed E-state index contributed by atoms with van der Waals surface area (Å²) in [6.07, 6.45) is 1.63. The van der Waals surface area contributed by atoms with Crippen LogP contribution in [0.1, 0.15) is 19.5 Å². The normalized spacial score (nSPS) is 11.7. The van der Waals surface area contributed by atoms with E-state index in [0.717, 1.165) is 5.69 Å². The fraction of sp³-hybridized carbons (Fsp3) is 0.278. The number of urea groups is 1. The molecule has 0 unspecified atom stereocenters. The summed E-state index contributed by atoms with van der Waals surface area (Å²) in [5.74, 6) is -0.0739. The van der Waals surface area contributed by atoms with Crippen LogP contribution in [0.5, 0.6) is 11.5 Å². The fourth-order valence-electron chi connectivity index (χ4n) is 2.08. The van der Waals surface area contributed by atoms with E-state index in [2.05, 4.69) is 15.6 Å². The van der Waals surface area contributed by atoms with E-state index in [9.17, 15) is 9.59 Å². The van der Waals surface area contributed by atoms with Crippen LogP contribution >= 0.6 is 0 Å². The Labute approximate surface area is 146 Å². The number of carbonyl (C=O) groups is 2. The first-order chi connectivity index (χ1) is 11.8. The molecule has 1 atom stereocenters. The molecule has 0 fully saturated rings. The summed E-state index contributed by atoms with van der Waals surface area (Å²) in [4.78, 5) is 27.2. The average Bonchev–Trinajstić information content (AvgIpc) is 2.56. The third kappa shape index (κ3) is 5.49. The van der Waals surface area contributed by atoms with Crippen molar-refractivity contribution in [3.8, 4) is 11.5 Å². The van der Waals surface area contributed by atoms with Gasteiger partial charge in [0, 0.05) is 11.4 Å². The van der Waals surface area contributed by atoms with Gasteiger partial charge in [0.2, 0.25) is 0 Å². The number of benzene rings is 1. The van der Waals surface area contributed by atoms with Gasteiger partial charge in [-0.3, -0.25) is 4.98 Å². The van der Waals surface area contributed by atoms with E-state index in [-0.39, 0.29) is 5.92 Å². The molecule has 0 saturated carbocycles. The lowest BCUT2D eigenvalue weighted by Crippen LogP contribution is -2.46. The summed E-state index contributed by atoms with van der Waals surface area (Å²) in [5, 5.41) is 14.1. The van der Waals surface area contributed by atoms with Gasteiger partial charge in [-0.1, -0.05) is 13.8 Å². The van der Waals surface area contributed by atoms with E-state index in [1.807, 2.05) is 19.1 Å². The Morgan fingerprint density at radius 3 is 2.24 bits per heavy atom. The zero-order chi connectivity index (χ0) is 18.4. The van der Waals surface area contributed by atoms with Crippen molar-refractivity contribution in [3.05, 3.63) is 48.3 Å². The molecule has 2 aromatic rings. The number of anilines is 1. The van der Waals surface area contributed by atoms with Crippen molar-refractivity contribution in [2.45, 2.75) is 26.8 Å². The molecule has 1 aromatic carbocycles. The molecule has 0 aliphatic rings. The van der Waals surface area contributed by atoms with Crippen molar-refractivity contribution in [1.29, 1.82) is 0 Å². The monoisotopic (exact) mass is 343 g/mol. The lowest BCUT2D eigenvalue weighted by molar-refractivity contribution is -0.140. The second kappa shape index (κ2) is 8.14. The summed E-state index contributed by atoms with van der Waals surface area (Å²) in [6.45, 7) is 5.35.